The first-order valence-electron chi connectivity index (χ1n) is 5.55. The summed E-state index contributed by atoms with van der Waals surface area (Å²) in [6, 6.07) is 7.70. The quantitative estimate of drug-likeness (QED) is 0.886. The number of nitrogens with zero attached hydrogens (tertiary/aromatic N) is 1. The maximum absolute atomic E-state index is 9.73. The monoisotopic (exact) mass is 327 g/mol. The van der Waals surface area contributed by atoms with Gasteiger partial charge in [0.1, 0.15) is 0 Å². The molecular formula is C13H14BrNO2S. The molecule has 1 heterocycles. The number of hydrogen-bond acceptors (Lipinski definition) is 4. The molecule has 0 unspecified atom stereocenters. The summed E-state index contributed by atoms with van der Waals surface area (Å²) in [6.07, 6.45) is 2.36. The molecule has 2 aromatic rings. The fourth-order valence-corrected chi connectivity index (χ4v) is 3.07. The van der Waals surface area contributed by atoms with Crippen LogP contribution in [-0.4, -0.2) is 28.4 Å². The summed E-state index contributed by atoms with van der Waals surface area (Å²) in [4.78, 5) is 5.09. The third-order valence-electron chi connectivity index (χ3n) is 3.04. The molecule has 2 rings (SSSR count). The average molecular weight is 328 g/mol. The lowest BCUT2D eigenvalue weighted by molar-refractivity contribution is 0.117. The summed E-state index contributed by atoms with van der Waals surface area (Å²) in [7, 11) is 0. The highest BCUT2D eigenvalue weighted by atomic mass is 79.9. The van der Waals surface area contributed by atoms with E-state index < -0.39 is 5.41 Å². The fraction of sp³-hybridized carbons (Fsp3) is 0.308. The van der Waals surface area contributed by atoms with Crippen LogP contribution in [0.5, 0.6) is 0 Å². The van der Waals surface area contributed by atoms with Gasteiger partial charge in [-0.1, -0.05) is 28.1 Å². The number of benzene rings is 1. The van der Waals surface area contributed by atoms with Crippen molar-refractivity contribution in [3.8, 4) is 0 Å². The molecule has 0 radical (unpaired) electrons. The van der Waals surface area contributed by atoms with Gasteiger partial charge in [-0.2, -0.15) is 0 Å². The molecule has 3 nitrogen and oxygen atoms in total. The molecule has 0 aliphatic heterocycles. The zero-order valence-electron chi connectivity index (χ0n) is 9.71. The average Bonchev–Trinajstić information content (AvgIpc) is 2.89. The van der Waals surface area contributed by atoms with Gasteiger partial charge in [-0.3, -0.25) is 4.98 Å². The SMILES string of the molecule is OCC(CO)(Cc1cncs1)c1cccc(Br)c1. The molecule has 0 aliphatic carbocycles. The molecule has 96 valence electrons. The maximum Gasteiger partial charge on any atom is 0.0794 e. The molecular weight excluding hydrogens is 314 g/mol. The number of aliphatic hydroxyl groups excluding tert-OH is 2. The van der Waals surface area contributed by atoms with Crippen molar-refractivity contribution in [2.45, 2.75) is 11.8 Å². The molecule has 0 aliphatic rings. The number of thiazole rings is 1. The number of aromatic nitrogens is 1. The van der Waals surface area contributed by atoms with Gasteiger partial charge in [-0.15, -0.1) is 11.3 Å². The molecule has 0 atom stereocenters. The molecule has 0 amide bonds. The van der Waals surface area contributed by atoms with Crippen molar-refractivity contribution < 1.29 is 10.2 Å². The Morgan fingerprint density at radius 3 is 2.61 bits per heavy atom. The fourth-order valence-electron chi connectivity index (χ4n) is 1.93. The van der Waals surface area contributed by atoms with Gasteiger partial charge in [0, 0.05) is 21.0 Å². The van der Waals surface area contributed by atoms with Gasteiger partial charge in [-0.25, -0.2) is 0 Å². The first-order valence-corrected chi connectivity index (χ1v) is 7.22. The highest BCUT2D eigenvalue weighted by Gasteiger charge is 2.32. The van der Waals surface area contributed by atoms with Crippen molar-refractivity contribution in [1.29, 1.82) is 0 Å². The van der Waals surface area contributed by atoms with Crippen LogP contribution in [0, 0.1) is 0 Å². The second kappa shape index (κ2) is 5.93. The summed E-state index contributed by atoms with van der Waals surface area (Å²) in [5.41, 5.74) is 2.03. The Labute approximate surface area is 118 Å². The summed E-state index contributed by atoms with van der Waals surface area (Å²) < 4.78 is 0.940. The van der Waals surface area contributed by atoms with Crippen molar-refractivity contribution in [2.24, 2.45) is 0 Å². The van der Waals surface area contributed by atoms with E-state index in [1.807, 2.05) is 24.3 Å². The second-order valence-corrected chi connectivity index (χ2v) is 6.14. The Kier molecular flexibility index (Phi) is 4.50. The van der Waals surface area contributed by atoms with Crippen LogP contribution < -0.4 is 0 Å². The van der Waals surface area contributed by atoms with Gasteiger partial charge in [0.15, 0.2) is 0 Å². The third-order valence-corrected chi connectivity index (χ3v) is 4.31. The Morgan fingerprint density at radius 1 is 1.28 bits per heavy atom. The first kappa shape index (κ1) is 13.7. The Bertz CT molecular complexity index is 497. The van der Waals surface area contributed by atoms with Crippen LogP contribution in [0.15, 0.2) is 40.4 Å². The van der Waals surface area contributed by atoms with E-state index in [2.05, 4.69) is 20.9 Å². The topological polar surface area (TPSA) is 53.4 Å². The lowest BCUT2D eigenvalue weighted by Gasteiger charge is -2.30. The molecule has 1 aromatic heterocycles. The molecule has 0 saturated heterocycles. The summed E-state index contributed by atoms with van der Waals surface area (Å²) >= 11 is 4.95. The summed E-state index contributed by atoms with van der Waals surface area (Å²) in [5.74, 6) is 0. The number of hydrogen-bond donors (Lipinski definition) is 2. The number of halogens is 1. The van der Waals surface area contributed by atoms with Crippen LogP contribution in [0.25, 0.3) is 0 Å². The third kappa shape index (κ3) is 2.80. The molecule has 0 saturated carbocycles. The van der Waals surface area contributed by atoms with Gasteiger partial charge in [0.25, 0.3) is 0 Å². The molecule has 5 heteroatoms. The van der Waals surface area contributed by atoms with Crippen LogP contribution in [0.3, 0.4) is 0 Å². The summed E-state index contributed by atoms with van der Waals surface area (Å²) in [6.45, 7) is -0.199. The van der Waals surface area contributed by atoms with Gasteiger partial charge < -0.3 is 10.2 Å². The lowest BCUT2D eigenvalue weighted by atomic mass is 9.78. The summed E-state index contributed by atoms with van der Waals surface area (Å²) in [5, 5.41) is 19.5. The second-order valence-electron chi connectivity index (χ2n) is 4.25. The van der Waals surface area contributed by atoms with E-state index in [-0.39, 0.29) is 13.2 Å². The number of aliphatic hydroxyl groups is 2. The van der Waals surface area contributed by atoms with Gasteiger partial charge >= 0.3 is 0 Å². The lowest BCUT2D eigenvalue weighted by Crippen LogP contribution is -2.37. The minimum atomic E-state index is -0.656. The van der Waals surface area contributed by atoms with Crippen LogP contribution in [0.4, 0.5) is 0 Å². The highest BCUT2D eigenvalue weighted by molar-refractivity contribution is 9.10. The van der Waals surface area contributed by atoms with Crippen LogP contribution in [0.2, 0.25) is 0 Å². The maximum atomic E-state index is 9.73. The van der Waals surface area contributed by atoms with E-state index in [0.29, 0.717) is 6.42 Å². The van der Waals surface area contributed by atoms with E-state index in [0.717, 1.165) is 14.9 Å². The molecule has 18 heavy (non-hydrogen) atoms. The Hall–Kier alpha value is -0.750. The smallest absolute Gasteiger partial charge is 0.0794 e. The van der Waals surface area contributed by atoms with E-state index in [9.17, 15) is 10.2 Å². The number of rotatable bonds is 5. The van der Waals surface area contributed by atoms with E-state index in [1.54, 1.807) is 11.7 Å². The predicted octanol–water partition coefficient (Wildman–Crippen LogP) is 2.37. The Balaban J connectivity index is 2.37. The molecule has 0 fully saturated rings. The molecule has 2 N–H and O–H groups in total. The zero-order valence-corrected chi connectivity index (χ0v) is 12.1. The van der Waals surface area contributed by atoms with Crippen LogP contribution in [-0.2, 0) is 11.8 Å². The van der Waals surface area contributed by atoms with Crippen LogP contribution >= 0.6 is 27.3 Å². The van der Waals surface area contributed by atoms with Crippen molar-refractivity contribution in [1.82, 2.24) is 4.98 Å². The van der Waals surface area contributed by atoms with Gasteiger partial charge in [0.2, 0.25) is 0 Å². The van der Waals surface area contributed by atoms with Crippen molar-refractivity contribution in [3.63, 3.8) is 0 Å². The van der Waals surface area contributed by atoms with E-state index in [1.165, 1.54) is 11.3 Å². The largest absolute Gasteiger partial charge is 0.395 e. The minimum absolute atomic E-state index is 0.0994. The van der Waals surface area contributed by atoms with Crippen molar-refractivity contribution in [3.05, 3.63) is 50.9 Å². The molecule has 0 bridgehead atoms. The van der Waals surface area contributed by atoms with Gasteiger partial charge in [0.05, 0.1) is 18.7 Å². The molecule has 0 spiro atoms. The first-order chi connectivity index (χ1) is 8.70. The van der Waals surface area contributed by atoms with E-state index >= 15 is 0 Å². The normalized spacial score (nSPS) is 11.7. The minimum Gasteiger partial charge on any atom is -0.395 e. The predicted molar refractivity (Wildman–Crippen MR) is 75.8 cm³/mol. The van der Waals surface area contributed by atoms with Gasteiger partial charge in [-0.05, 0) is 24.1 Å². The molecule has 1 aromatic carbocycles. The van der Waals surface area contributed by atoms with Crippen molar-refractivity contribution in [2.75, 3.05) is 13.2 Å². The zero-order chi connectivity index (χ0) is 13.0. The van der Waals surface area contributed by atoms with Crippen LogP contribution in [0.1, 0.15) is 10.4 Å². The highest BCUT2D eigenvalue weighted by Crippen LogP contribution is 2.30. The standard InChI is InChI=1S/C13H14BrNO2S/c14-11-3-1-2-10(4-11)13(7-16,8-17)5-12-6-15-9-18-12/h1-4,6,9,16-17H,5,7-8H2. The Morgan fingerprint density at radius 2 is 2.06 bits per heavy atom. The van der Waals surface area contributed by atoms with Crippen molar-refractivity contribution >= 4 is 27.3 Å². The van der Waals surface area contributed by atoms with E-state index in [4.69, 9.17) is 0 Å².